The van der Waals surface area contributed by atoms with Gasteiger partial charge in [0.25, 0.3) is 0 Å². The second-order valence-corrected chi connectivity index (χ2v) is 3.31. The average Bonchev–Trinajstić information content (AvgIpc) is 2.38. The SMILES string of the molecule is COc1ccc(COC/C=C/C=C/C=O)cc1. The van der Waals surface area contributed by atoms with Crippen molar-refractivity contribution in [2.75, 3.05) is 13.7 Å². The second-order valence-electron chi connectivity index (χ2n) is 3.31. The predicted octanol–water partition coefficient (Wildman–Crippen LogP) is 2.52. The van der Waals surface area contributed by atoms with Crippen LogP contribution in [-0.4, -0.2) is 20.0 Å². The van der Waals surface area contributed by atoms with E-state index in [9.17, 15) is 4.79 Å². The molecule has 0 spiro atoms. The summed E-state index contributed by atoms with van der Waals surface area (Å²) < 4.78 is 10.5. The highest BCUT2D eigenvalue weighted by Gasteiger charge is 1.93. The van der Waals surface area contributed by atoms with Crippen molar-refractivity contribution in [3.63, 3.8) is 0 Å². The standard InChI is InChI=1S/C14H16O3/c1-16-14-8-6-13(7-9-14)12-17-11-5-3-2-4-10-15/h2-10H,11-12H2,1H3/b4-2+,5-3+. The highest BCUT2D eigenvalue weighted by molar-refractivity contribution is 5.65. The summed E-state index contributed by atoms with van der Waals surface area (Å²) in [5, 5.41) is 0. The Bertz CT molecular complexity index is 377. The van der Waals surface area contributed by atoms with Gasteiger partial charge >= 0.3 is 0 Å². The van der Waals surface area contributed by atoms with Crippen LogP contribution in [0.25, 0.3) is 0 Å². The number of aldehydes is 1. The summed E-state index contributed by atoms with van der Waals surface area (Å²) in [6.07, 6.45) is 7.47. The number of methoxy groups -OCH3 is 1. The normalized spacial score (nSPS) is 11.1. The van der Waals surface area contributed by atoms with Crippen LogP contribution >= 0.6 is 0 Å². The zero-order valence-electron chi connectivity index (χ0n) is 9.84. The molecule has 1 aromatic carbocycles. The molecule has 0 saturated heterocycles. The monoisotopic (exact) mass is 232 g/mol. The van der Waals surface area contributed by atoms with Gasteiger partial charge in [-0.05, 0) is 23.8 Å². The quantitative estimate of drug-likeness (QED) is 0.313. The number of rotatable bonds is 7. The van der Waals surface area contributed by atoms with Crippen LogP contribution < -0.4 is 4.74 Å². The summed E-state index contributed by atoms with van der Waals surface area (Å²) in [7, 11) is 1.64. The molecule has 0 heterocycles. The van der Waals surface area contributed by atoms with Crippen LogP contribution in [0, 0.1) is 0 Å². The number of benzene rings is 1. The minimum Gasteiger partial charge on any atom is -0.497 e. The molecule has 0 aliphatic rings. The first-order chi connectivity index (χ1) is 8.36. The topological polar surface area (TPSA) is 35.5 Å². The summed E-state index contributed by atoms with van der Waals surface area (Å²) in [4.78, 5) is 9.97. The summed E-state index contributed by atoms with van der Waals surface area (Å²) in [6, 6.07) is 7.74. The average molecular weight is 232 g/mol. The fourth-order valence-electron chi connectivity index (χ4n) is 1.21. The molecule has 1 rings (SSSR count). The first-order valence-electron chi connectivity index (χ1n) is 5.34. The third-order valence-corrected chi connectivity index (χ3v) is 2.08. The van der Waals surface area contributed by atoms with Crippen molar-refractivity contribution >= 4 is 6.29 Å². The van der Waals surface area contributed by atoms with Crippen LogP contribution in [0.4, 0.5) is 0 Å². The Morgan fingerprint density at radius 1 is 1.12 bits per heavy atom. The maximum absolute atomic E-state index is 9.97. The van der Waals surface area contributed by atoms with Gasteiger partial charge in [0.15, 0.2) is 0 Å². The van der Waals surface area contributed by atoms with Gasteiger partial charge in [0.2, 0.25) is 0 Å². The van der Waals surface area contributed by atoms with Gasteiger partial charge in [-0.2, -0.15) is 0 Å². The molecule has 3 heteroatoms. The molecular weight excluding hydrogens is 216 g/mol. The van der Waals surface area contributed by atoms with E-state index in [0.29, 0.717) is 13.2 Å². The molecule has 1 aromatic rings. The predicted molar refractivity (Wildman–Crippen MR) is 67.0 cm³/mol. The smallest absolute Gasteiger partial charge is 0.142 e. The van der Waals surface area contributed by atoms with Gasteiger partial charge in [-0.1, -0.05) is 30.4 Å². The van der Waals surface area contributed by atoms with Crippen LogP contribution in [0.2, 0.25) is 0 Å². The zero-order valence-corrected chi connectivity index (χ0v) is 9.84. The van der Waals surface area contributed by atoms with Crippen LogP contribution in [0.15, 0.2) is 48.6 Å². The van der Waals surface area contributed by atoms with Gasteiger partial charge in [0.1, 0.15) is 12.0 Å². The van der Waals surface area contributed by atoms with Crippen molar-refractivity contribution in [3.8, 4) is 5.75 Å². The van der Waals surface area contributed by atoms with Crippen molar-refractivity contribution in [3.05, 3.63) is 54.1 Å². The van der Waals surface area contributed by atoms with Crippen LogP contribution in [-0.2, 0) is 16.1 Å². The molecule has 0 radical (unpaired) electrons. The number of allylic oxidation sites excluding steroid dienone is 3. The molecule has 17 heavy (non-hydrogen) atoms. The first-order valence-corrected chi connectivity index (χ1v) is 5.34. The minimum atomic E-state index is 0.523. The van der Waals surface area contributed by atoms with Gasteiger partial charge in [-0.15, -0.1) is 0 Å². The zero-order chi connectivity index (χ0) is 12.3. The van der Waals surface area contributed by atoms with E-state index in [1.54, 1.807) is 19.3 Å². The largest absolute Gasteiger partial charge is 0.497 e. The second kappa shape index (κ2) is 8.30. The van der Waals surface area contributed by atoms with Crippen LogP contribution in [0.1, 0.15) is 5.56 Å². The lowest BCUT2D eigenvalue weighted by Gasteiger charge is -2.03. The van der Waals surface area contributed by atoms with Gasteiger partial charge in [-0.3, -0.25) is 4.79 Å². The van der Waals surface area contributed by atoms with Gasteiger partial charge in [0, 0.05) is 0 Å². The number of ether oxygens (including phenoxy) is 2. The van der Waals surface area contributed by atoms with Crippen LogP contribution in [0.3, 0.4) is 0 Å². The molecule has 0 aromatic heterocycles. The number of hydrogen-bond donors (Lipinski definition) is 0. The summed E-state index contributed by atoms with van der Waals surface area (Å²) in [5.74, 6) is 0.840. The van der Waals surface area contributed by atoms with Crippen LogP contribution in [0.5, 0.6) is 5.75 Å². The first kappa shape index (κ1) is 13.2. The van der Waals surface area contributed by atoms with E-state index >= 15 is 0 Å². The Morgan fingerprint density at radius 2 is 1.88 bits per heavy atom. The number of carbonyl (C=O) groups excluding carboxylic acids is 1. The maximum atomic E-state index is 9.97. The van der Waals surface area contributed by atoms with E-state index in [1.807, 2.05) is 30.3 Å². The molecule has 3 nitrogen and oxygen atoms in total. The highest BCUT2D eigenvalue weighted by Crippen LogP contribution is 2.11. The molecule has 0 saturated carbocycles. The molecule has 0 fully saturated rings. The molecule has 0 N–H and O–H groups in total. The lowest BCUT2D eigenvalue weighted by Crippen LogP contribution is -1.92. The van der Waals surface area contributed by atoms with Crippen molar-refractivity contribution in [2.24, 2.45) is 0 Å². The Kier molecular flexibility index (Phi) is 6.44. The molecule has 0 aliphatic carbocycles. The van der Waals surface area contributed by atoms with Crippen molar-refractivity contribution in [1.29, 1.82) is 0 Å². The molecule has 0 amide bonds. The summed E-state index contributed by atoms with van der Waals surface area (Å²) in [6.45, 7) is 1.08. The summed E-state index contributed by atoms with van der Waals surface area (Å²) in [5.41, 5.74) is 1.10. The maximum Gasteiger partial charge on any atom is 0.142 e. The van der Waals surface area contributed by atoms with Crippen molar-refractivity contribution in [2.45, 2.75) is 6.61 Å². The summed E-state index contributed by atoms with van der Waals surface area (Å²) >= 11 is 0. The molecule has 90 valence electrons. The Labute approximate surface area is 101 Å². The van der Waals surface area contributed by atoms with E-state index in [-0.39, 0.29) is 0 Å². The third kappa shape index (κ3) is 5.68. The molecule has 0 unspecified atom stereocenters. The fraction of sp³-hybridized carbons (Fsp3) is 0.214. The van der Waals surface area contributed by atoms with Crippen molar-refractivity contribution < 1.29 is 14.3 Å². The van der Waals surface area contributed by atoms with Gasteiger partial charge in [0.05, 0.1) is 20.3 Å². The Balaban J connectivity index is 2.23. The molecule has 0 bridgehead atoms. The third-order valence-electron chi connectivity index (χ3n) is 2.08. The van der Waals surface area contributed by atoms with E-state index in [0.717, 1.165) is 17.6 Å². The van der Waals surface area contributed by atoms with E-state index < -0.39 is 0 Å². The minimum absolute atomic E-state index is 0.523. The van der Waals surface area contributed by atoms with E-state index in [1.165, 1.54) is 6.08 Å². The molecular formula is C14H16O3. The molecule has 0 aliphatic heterocycles. The van der Waals surface area contributed by atoms with E-state index in [4.69, 9.17) is 9.47 Å². The van der Waals surface area contributed by atoms with Gasteiger partial charge < -0.3 is 9.47 Å². The Morgan fingerprint density at radius 3 is 2.53 bits per heavy atom. The highest BCUT2D eigenvalue weighted by atomic mass is 16.5. The van der Waals surface area contributed by atoms with Gasteiger partial charge in [-0.25, -0.2) is 0 Å². The van der Waals surface area contributed by atoms with Crippen molar-refractivity contribution in [1.82, 2.24) is 0 Å². The Hall–Kier alpha value is -1.87. The fourth-order valence-corrected chi connectivity index (χ4v) is 1.21. The lowest BCUT2D eigenvalue weighted by atomic mass is 10.2. The molecule has 0 atom stereocenters. The number of carbonyl (C=O) groups is 1. The number of hydrogen-bond acceptors (Lipinski definition) is 3. The lowest BCUT2D eigenvalue weighted by molar-refractivity contribution is -0.104. The van der Waals surface area contributed by atoms with E-state index in [2.05, 4.69) is 0 Å².